The van der Waals surface area contributed by atoms with Crippen molar-refractivity contribution < 1.29 is 14.1 Å². The number of aromatic nitrogens is 4. The van der Waals surface area contributed by atoms with Crippen LogP contribution in [0.25, 0.3) is 0 Å². The summed E-state index contributed by atoms with van der Waals surface area (Å²) in [5.74, 6) is 0.506. The van der Waals surface area contributed by atoms with Crippen LogP contribution in [0.15, 0.2) is 40.6 Å². The predicted octanol–water partition coefficient (Wildman–Crippen LogP) is 1.71. The minimum Gasteiger partial charge on any atom is -0.343 e. The first-order valence-electron chi connectivity index (χ1n) is 8.39. The van der Waals surface area contributed by atoms with Crippen molar-refractivity contribution in [2.45, 2.75) is 32.0 Å². The minimum atomic E-state index is -0.285. The fourth-order valence-electron chi connectivity index (χ4n) is 2.92. The van der Waals surface area contributed by atoms with E-state index in [1.54, 1.807) is 28.9 Å². The van der Waals surface area contributed by atoms with Gasteiger partial charge >= 0.3 is 0 Å². The molecule has 1 N–H and O–H groups in total. The van der Waals surface area contributed by atoms with E-state index in [1.165, 1.54) is 11.3 Å². The predicted molar refractivity (Wildman–Crippen MR) is 94.3 cm³/mol. The number of nitrogens with one attached hydrogen (secondary N) is 1. The maximum Gasteiger partial charge on any atom is 0.280 e. The van der Waals surface area contributed by atoms with Crippen LogP contribution in [0.2, 0.25) is 0 Å². The zero-order valence-corrected chi connectivity index (χ0v) is 15.1. The van der Waals surface area contributed by atoms with Gasteiger partial charge in [0.15, 0.2) is 10.8 Å². The largest absolute Gasteiger partial charge is 0.343 e. The average Bonchev–Trinajstić information content (AvgIpc) is 3.43. The number of carbonyl (C=O) groups excluding carboxylic acids is 2. The molecule has 9 nitrogen and oxygen atoms in total. The van der Waals surface area contributed by atoms with E-state index in [4.69, 9.17) is 4.52 Å². The van der Waals surface area contributed by atoms with E-state index in [0.29, 0.717) is 36.1 Å². The third-order valence-electron chi connectivity index (χ3n) is 4.23. The van der Waals surface area contributed by atoms with Gasteiger partial charge in [-0.2, -0.15) is 4.98 Å². The molecule has 0 aromatic carbocycles. The van der Waals surface area contributed by atoms with Gasteiger partial charge in [-0.1, -0.05) is 5.16 Å². The van der Waals surface area contributed by atoms with Crippen molar-refractivity contribution in [2.75, 3.05) is 0 Å². The van der Waals surface area contributed by atoms with Crippen molar-refractivity contribution >= 4 is 23.2 Å². The zero-order valence-electron chi connectivity index (χ0n) is 14.2. The molecule has 0 unspecified atom stereocenters. The summed E-state index contributed by atoms with van der Waals surface area (Å²) in [6.07, 6.45) is 6.02. The summed E-state index contributed by atoms with van der Waals surface area (Å²) < 4.78 is 5.36. The lowest BCUT2D eigenvalue weighted by molar-refractivity contribution is -0.130. The highest BCUT2D eigenvalue weighted by Gasteiger charge is 2.35. The summed E-state index contributed by atoms with van der Waals surface area (Å²) in [4.78, 5) is 38.2. The fourth-order valence-corrected chi connectivity index (χ4v) is 3.47. The van der Waals surface area contributed by atoms with Crippen LogP contribution in [0.1, 0.15) is 46.0 Å². The number of likely N-dealkylation sites (tertiary alicyclic amines) is 1. The molecule has 1 aliphatic rings. The van der Waals surface area contributed by atoms with Gasteiger partial charge in [0.25, 0.3) is 5.91 Å². The Morgan fingerprint density at radius 1 is 1.33 bits per heavy atom. The number of thiazole rings is 1. The molecular weight excluding hydrogens is 368 g/mol. The molecule has 3 aromatic rings. The van der Waals surface area contributed by atoms with Gasteiger partial charge in [0.05, 0.1) is 6.54 Å². The van der Waals surface area contributed by atoms with E-state index in [2.05, 4.69) is 25.4 Å². The van der Waals surface area contributed by atoms with Gasteiger partial charge in [-0.15, -0.1) is 11.3 Å². The van der Waals surface area contributed by atoms with Crippen LogP contribution in [0.3, 0.4) is 0 Å². The minimum absolute atomic E-state index is 0.0497. The average molecular weight is 384 g/mol. The van der Waals surface area contributed by atoms with E-state index in [-0.39, 0.29) is 24.4 Å². The first kappa shape index (κ1) is 17.3. The van der Waals surface area contributed by atoms with Gasteiger partial charge in [-0.25, -0.2) is 4.98 Å². The molecule has 0 radical (unpaired) electrons. The molecule has 2 amide bonds. The van der Waals surface area contributed by atoms with Crippen LogP contribution in [-0.2, 0) is 17.9 Å². The maximum atomic E-state index is 12.3. The maximum absolute atomic E-state index is 12.3. The molecule has 0 bridgehead atoms. The standard InChI is InChI=1S/C17H16N6O3S/c24-14-2-1-12(23(14)10-11-3-5-18-6-4-11)16-21-13(22-26-16)9-20-15(25)17-19-7-8-27-17/h3-8,12H,1-2,9-10H2,(H,20,25)/t12-/m0/s1. The Labute approximate surface area is 158 Å². The normalized spacial score (nSPS) is 16.7. The second-order valence-electron chi connectivity index (χ2n) is 6.00. The van der Waals surface area contributed by atoms with E-state index < -0.39 is 0 Å². The summed E-state index contributed by atoms with van der Waals surface area (Å²) in [5, 5.41) is 8.73. The van der Waals surface area contributed by atoms with Crippen LogP contribution >= 0.6 is 11.3 Å². The Balaban J connectivity index is 1.42. The Kier molecular flexibility index (Phi) is 4.88. The number of hydrogen-bond donors (Lipinski definition) is 1. The van der Waals surface area contributed by atoms with E-state index >= 15 is 0 Å². The fraction of sp³-hybridized carbons (Fsp3) is 0.294. The van der Waals surface area contributed by atoms with Crippen molar-refractivity contribution in [1.29, 1.82) is 0 Å². The molecule has 0 saturated carbocycles. The molecule has 1 aliphatic heterocycles. The van der Waals surface area contributed by atoms with Crippen molar-refractivity contribution in [3.63, 3.8) is 0 Å². The molecule has 0 spiro atoms. The van der Waals surface area contributed by atoms with Gasteiger partial charge in [0, 0.05) is 36.9 Å². The van der Waals surface area contributed by atoms with Crippen molar-refractivity contribution in [1.82, 2.24) is 30.3 Å². The smallest absolute Gasteiger partial charge is 0.280 e. The van der Waals surface area contributed by atoms with Gasteiger partial charge in [0.2, 0.25) is 11.8 Å². The summed E-state index contributed by atoms with van der Waals surface area (Å²) in [6.45, 7) is 0.595. The lowest BCUT2D eigenvalue weighted by Gasteiger charge is -2.21. The summed E-state index contributed by atoms with van der Waals surface area (Å²) in [6, 6.07) is 3.48. The number of carbonyl (C=O) groups is 2. The van der Waals surface area contributed by atoms with Crippen molar-refractivity contribution in [2.24, 2.45) is 0 Å². The first-order chi connectivity index (χ1) is 13.2. The molecule has 10 heteroatoms. The lowest BCUT2D eigenvalue weighted by atomic mass is 10.2. The zero-order chi connectivity index (χ0) is 18.6. The molecule has 27 heavy (non-hydrogen) atoms. The van der Waals surface area contributed by atoms with Crippen LogP contribution < -0.4 is 5.32 Å². The quantitative estimate of drug-likeness (QED) is 0.688. The Bertz CT molecular complexity index is 927. The Hall–Kier alpha value is -3.14. The monoisotopic (exact) mass is 384 g/mol. The molecule has 4 heterocycles. The second kappa shape index (κ2) is 7.62. The number of pyridine rings is 1. The lowest BCUT2D eigenvalue weighted by Crippen LogP contribution is -2.27. The highest BCUT2D eigenvalue weighted by molar-refractivity contribution is 7.11. The molecule has 1 fully saturated rings. The summed E-state index contributed by atoms with van der Waals surface area (Å²) in [7, 11) is 0. The Morgan fingerprint density at radius 3 is 2.96 bits per heavy atom. The van der Waals surface area contributed by atoms with E-state index in [1.807, 2.05) is 12.1 Å². The SMILES string of the molecule is O=C(NCc1noc([C@@H]2CCC(=O)N2Cc2ccncc2)n1)c1nccs1. The number of hydrogen-bond acceptors (Lipinski definition) is 8. The van der Waals surface area contributed by atoms with Crippen LogP contribution in [0.4, 0.5) is 0 Å². The molecular formula is C17H16N6O3S. The molecule has 3 aromatic heterocycles. The molecule has 4 rings (SSSR count). The number of nitrogens with zero attached hydrogens (tertiary/aromatic N) is 5. The highest BCUT2D eigenvalue weighted by atomic mass is 32.1. The molecule has 1 atom stereocenters. The highest BCUT2D eigenvalue weighted by Crippen LogP contribution is 2.33. The van der Waals surface area contributed by atoms with Gasteiger partial charge < -0.3 is 14.7 Å². The third-order valence-corrected chi connectivity index (χ3v) is 5.00. The van der Waals surface area contributed by atoms with Crippen LogP contribution in [0, 0.1) is 0 Å². The van der Waals surface area contributed by atoms with Gasteiger partial charge in [-0.3, -0.25) is 14.6 Å². The summed E-state index contributed by atoms with van der Waals surface area (Å²) >= 11 is 1.26. The van der Waals surface area contributed by atoms with Crippen molar-refractivity contribution in [3.05, 3.63) is 58.4 Å². The first-order valence-corrected chi connectivity index (χ1v) is 9.27. The third kappa shape index (κ3) is 3.85. The van der Waals surface area contributed by atoms with E-state index in [0.717, 1.165) is 5.56 Å². The Morgan fingerprint density at radius 2 is 2.19 bits per heavy atom. The number of amides is 2. The summed E-state index contributed by atoms with van der Waals surface area (Å²) in [5.41, 5.74) is 0.987. The van der Waals surface area contributed by atoms with Crippen molar-refractivity contribution in [3.8, 4) is 0 Å². The molecule has 0 aliphatic carbocycles. The van der Waals surface area contributed by atoms with Crippen LogP contribution in [0.5, 0.6) is 0 Å². The topological polar surface area (TPSA) is 114 Å². The second-order valence-corrected chi connectivity index (χ2v) is 6.89. The van der Waals surface area contributed by atoms with Gasteiger partial charge in [0.1, 0.15) is 6.04 Å². The number of rotatable bonds is 6. The van der Waals surface area contributed by atoms with E-state index in [9.17, 15) is 9.59 Å². The van der Waals surface area contributed by atoms with Gasteiger partial charge in [-0.05, 0) is 24.1 Å². The molecule has 138 valence electrons. The molecule has 1 saturated heterocycles. The van der Waals surface area contributed by atoms with Crippen LogP contribution in [-0.4, -0.2) is 36.8 Å².